The zero-order chi connectivity index (χ0) is 14.5. The van der Waals surface area contributed by atoms with Gasteiger partial charge in [0.25, 0.3) is 0 Å². The van der Waals surface area contributed by atoms with E-state index in [1.54, 1.807) is 7.05 Å². The van der Waals surface area contributed by atoms with Crippen molar-refractivity contribution >= 4 is 29.5 Å². The van der Waals surface area contributed by atoms with Gasteiger partial charge in [-0.2, -0.15) is 0 Å². The number of nitrogens with zero attached hydrogens (tertiary/aromatic N) is 1. The first-order valence-corrected chi connectivity index (χ1v) is 8.12. The number of carbonyl (C=O) groups is 3. The molecule has 7 heteroatoms. The van der Waals surface area contributed by atoms with Crippen LogP contribution in [0.25, 0.3) is 0 Å². The first kappa shape index (κ1) is 15.2. The maximum Gasteiger partial charge on any atom is 0.230 e. The molecule has 2 N–H and O–H groups in total. The first-order chi connectivity index (χ1) is 9.61. The Morgan fingerprint density at radius 3 is 2.70 bits per heavy atom. The van der Waals surface area contributed by atoms with Gasteiger partial charge in [0.1, 0.15) is 0 Å². The van der Waals surface area contributed by atoms with E-state index in [9.17, 15) is 14.4 Å². The lowest BCUT2D eigenvalue weighted by molar-refractivity contribution is -0.134. The number of carbonyl (C=O) groups excluding carboxylic acids is 3. The summed E-state index contributed by atoms with van der Waals surface area (Å²) in [6.07, 6.45) is 3.13. The average molecular weight is 299 g/mol. The van der Waals surface area contributed by atoms with Gasteiger partial charge in [-0.25, -0.2) is 0 Å². The lowest BCUT2D eigenvalue weighted by atomic mass is 10.1. The molecule has 2 bridgehead atoms. The Bertz CT molecular complexity index is 402. The summed E-state index contributed by atoms with van der Waals surface area (Å²) in [5, 5.41) is 5.30. The van der Waals surface area contributed by atoms with E-state index >= 15 is 0 Å². The van der Waals surface area contributed by atoms with Crippen molar-refractivity contribution in [2.75, 3.05) is 31.6 Å². The number of likely N-dealkylation sites (tertiary alicyclic amines) is 1. The van der Waals surface area contributed by atoms with Gasteiger partial charge in [-0.15, -0.1) is 11.8 Å². The molecule has 0 aromatic rings. The van der Waals surface area contributed by atoms with E-state index in [0.717, 1.165) is 19.3 Å². The molecule has 0 aromatic heterocycles. The molecule has 2 fully saturated rings. The minimum atomic E-state index is -0.0873. The van der Waals surface area contributed by atoms with Gasteiger partial charge in [-0.3, -0.25) is 14.4 Å². The van der Waals surface area contributed by atoms with Crippen LogP contribution in [-0.4, -0.2) is 60.3 Å². The highest BCUT2D eigenvalue weighted by Crippen LogP contribution is 2.37. The quantitative estimate of drug-likeness (QED) is 0.670. The fourth-order valence-electron chi connectivity index (χ4n) is 2.85. The number of hydrogen-bond donors (Lipinski definition) is 2. The number of thioether (sulfide) groups is 1. The first-order valence-electron chi connectivity index (χ1n) is 6.97. The van der Waals surface area contributed by atoms with E-state index in [0.29, 0.717) is 19.1 Å². The zero-order valence-corrected chi connectivity index (χ0v) is 12.5. The molecule has 1 saturated carbocycles. The van der Waals surface area contributed by atoms with Crippen molar-refractivity contribution in [2.24, 2.45) is 5.92 Å². The van der Waals surface area contributed by atoms with Crippen molar-refractivity contribution in [3.63, 3.8) is 0 Å². The molecule has 1 aliphatic carbocycles. The van der Waals surface area contributed by atoms with Crippen molar-refractivity contribution < 1.29 is 14.4 Å². The molecule has 0 aromatic carbocycles. The van der Waals surface area contributed by atoms with Crippen molar-refractivity contribution in [2.45, 2.75) is 25.3 Å². The van der Waals surface area contributed by atoms with Gasteiger partial charge in [-0.05, 0) is 19.3 Å². The summed E-state index contributed by atoms with van der Waals surface area (Å²) in [7, 11) is 1.57. The predicted octanol–water partition coefficient (Wildman–Crippen LogP) is -0.407. The van der Waals surface area contributed by atoms with Crippen molar-refractivity contribution in [1.29, 1.82) is 0 Å². The van der Waals surface area contributed by atoms with E-state index in [1.165, 1.54) is 11.8 Å². The number of nitrogens with one attached hydrogen (secondary N) is 2. The molecule has 0 spiro atoms. The summed E-state index contributed by atoms with van der Waals surface area (Å²) in [5.74, 6) is 0.881. The molecule has 1 saturated heterocycles. The topological polar surface area (TPSA) is 78.5 Å². The van der Waals surface area contributed by atoms with Gasteiger partial charge >= 0.3 is 0 Å². The van der Waals surface area contributed by atoms with E-state index in [4.69, 9.17) is 0 Å². The van der Waals surface area contributed by atoms with Crippen LogP contribution in [0.4, 0.5) is 0 Å². The van der Waals surface area contributed by atoms with Crippen LogP contribution in [0, 0.1) is 5.92 Å². The standard InChI is InChI=1S/C13H21N3O3S/c1-14-11(17)7-20-8-12(18)15-4-5-16-10-3-2-9(6-10)13(16)19/h9-10H,2-8H2,1H3,(H,14,17)(H,15,18)/t9-,10+/m1/s1. The maximum atomic E-state index is 11.9. The highest BCUT2D eigenvalue weighted by molar-refractivity contribution is 8.00. The lowest BCUT2D eigenvalue weighted by Crippen LogP contribution is -2.42. The minimum absolute atomic E-state index is 0.0820. The van der Waals surface area contributed by atoms with E-state index in [2.05, 4.69) is 10.6 Å². The van der Waals surface area contributed by atoms with Gasteiger partial charge < -0.3 is 15.5 Å². The van der Waals surface area contributed by atoms with Crippen LogP contribution >= 0.6 is 11.8 Å². The van der Waals surface area contributed by atoms with Crippen molar-refractivity contribution in [1.82, 2.24) is 15.5 Å². The second-order valence-corrected chi connectivity index (χ2v) is 6.20. The van der Waals surface area contributed by atoms with Gasteiger partial charge in [0.15, 0.2) is 0 Å². The monoisotopic (exact) mass is 299 g/mol. The molecule has 1 heterocycles. The summed E-state index contributed by atoms with van der Waals surface area (Å²) in [5.41, 5.74) is 0. The summed E-state index contributed by atoms with van der Waals surface area (Å²) in [6.45, 7) is 1.10. The molecule has 0 unspecified atom stereocenters. The highest BCUT2D eigenvalue weighted by atomic mass is 32.2. The van der Waals surface area contributed by atoms with Crippen LogP contribution in [0.2, 0.25) is 0 Å². The minimum Gasteiger partial charge on any atom is -0.358 e. The number of hydrogen-bond acceptors (Lipinski definition) is 4. The third-order valence-electron chi connectivity index (χ3n) is 3.90. The Morgan fingerprint density at radius 1 is 1.30 bits per heavy atom. The van der Waals surface area contributed by atoms with E-state index in [1.807, 2.05) is 4.90 Å². The summed E-state index contributed by atoms with van der Waals surface area (Å²) < 4.78 is 0. The molecule has 0 radical (unpaired) electrons. The summed E-state index contributed by atoms with van der Waals surface area (Å²) in [4.78, 5) is 36.3. The predicted molar refractivity (Wildman–Crippen MR) is 77.2 cm³/mol. The normalized spacial score (nSPS) is 24.1. The van der Waals surface area contributed by atoms with Gasteiger partial charge in [0.05, 0.1) is 11.5 Å². The van der Waals surface area contributed by atoms with Crippen molar-refractivity contribution in [3.8, 4) is 0 Å². The largest absolute Gasteiger partial charge is 0.358 e. The van der Waals surface area contributed by atoms with Crippen LogP contribution in [0.1, 0.15) is 19.3 Å². The van der Waals surface area contributed by atoms with Crippen LogP contribution in [0.15, 0.2) is 0 Å². The Hall–Kier alpha value is -1.24. The zero-order valence-electron chi connectivity index (χ0n) is 11.7. The smallest absolute Gasteiger partial charge is 0.230 e. The van der Waals surface area contributed by atoms with Crippen LogP contribution in [-0.2, 0) is 14.4 Å². The van der Waals surface area contributed by atoms with Gasteiger partial charge in [0.2, 0.25) is 17.7 Å². The van der Waals surface area contributed by atoms with Gasteiger partial charge in [0, 0.05) is 32.1 Å². The molecule has 3 amide bonds. The number of amides is 3. The molecule has 6 nitrogen and oxygen atoms in total. The van der Waals surface area contributed by atoms with Crippen molar-refractivity contribution in [3.05, 3.63) is 0 Å². The number of rotatable bonds is 7. The fourth-order valence-corrected chi connectivity index (χ4v) is 3.57. The van der Waals surface area contributed by atoms with Crippen LogP contribution in [0.5, 0.6) is 0 Å². The molecule has 20 heavy (non-hydrogen) atoms. The third-order valence-corrected chi connectivity index (χ3v) is 4.83. The molecule has 2 atom stereocenters. The number of piperidine rings is 1. The number of fused-ring (bicyclic) bond motifs is 2. The Kier molecular flexibility index (Phi) is 5.28. The third kappa shape index (κ3) is 3.65. The SMILES string of the molecule is CNC(=O)CSCC(=O)NCCN1C(=O)[C@@H]2CC[C@H]1C2. The van der Waals surface area contributed by atoms with E-state index in [-0.39, 0.29) is 35.1 Å². The fraction of sp³-hybridized carbons (Fsp3) is 0.769. The summed E-state index contributed by atoms with van der Waals surface area (Å²) >= 11 is 1.28. The van der Waals surface area contributed by atoms with Crippen LogP contribution in [0.3, 0.4) is 0 Å². The summed E-state index contributed by atoms with van der Waals surface area (Å²) in [6, 6.07) is 0.395. The van der Waals surface area contributed by atoms with Crippen LogP contribution < -0.4 is 10.6 Å². The Labute approximate surface area is 123 Å². The van der Waals surface area contributed by atoms with E-state index < -0.39 is 0 Å². The molecule has 112 valence electrons. The Balaban J connectivity index is 1.58. The second-order valence-electron chi connectivity index (χ2n) is 5.21. The second kappa shape index (κ2) is 6.97. The average Bonchev–Trinajstić information content (AvgIpc) is 3.01. The molecule has 2 aliphatic rings. The molecular weight excluding hydrogens is 278 g/mol. The Morgan fingerprint density at radius 2 is 2.05 bits per heavy atom. The van der Waals surface area contributed by atoms with Gasteiger partial charge in [-0.1, -0.05) is 0 Å². The molecule has 1 aliphatic heterocycles. The lowest BCUT2D eigenvalue weighted by Gasteiger charge is -2.27. The molecule has 2 rings (SSSR count). The molecular formula is C13H21N3O3S. The maximum absolute atomic E-state index is 11.9. The highest BCUT2D eigenvalue weighted by Gasteiger charge is 2.43.